The van der Waals surface area contributed by atoms with Crippen LogP contribution >= 0.6 is 0 Å². The normalized spacial score (nSPS) is 26.6. The second-order valence-corrected chi connectivity index (χ2v) is 10.4. The van der Waals surface area contributed by atoms with Gasteiger partial charge in [0.2, 0.25) is 0 Å². The van der Waals surface area contributed by atoms with E-state index >= 15 is 0 Å². The molecule has 4 atom stereocenters. The number of ether oxygens (including phenoxy) is 2. The van der Waals surface area contributed by atoms with E-state index in [9.17, 15) is 15.0 Å². The van der Waals surface area contributed by atoms with Gasteiger partial charge in [-0.3, -0.25) is 4.79 Å². The average molecular weight is 483 g/mol. The highest BCUT2D eigenvalue weighted by Crippen LogP contribution is 2.41. The molecule has 0 radical (unpaired) electrons. The number of aliphatic carboxylic acids is 1. The van der Waals surface area contributed by atoms with Crippen LogP contribution in [0, 0.1) is 11.8 Å². The maximum absolute atomic E-state index is 10.6. The Kier molecular flexibility index (Phi) is 14.4. The van der Waals surface area contributed by atoms with Gasteiger partial charge >= 0.3 is 5.97 Å². The van der Waals surface area contributed by atoms with Gasteiger partial charge < -0.3 is 24.8 Å². The van der Waals surface area contributed by atoms with Crippen LogP contribution in [0.3, 0.4) is 0 Å². The van der Waals surface area contributed by atoms with Crippen molar-refractivity contribution in [1.29, 1.82) is 0 Å². The van der Waals surface area contributed by atoms with Crippen LogP contribution in [-0.4, -0.2) is 52.5 Å². The molecule has 3 N–H and O–H groups in total. The molecular formula is C28H50O6. The first kappa shape index (κ1) is 29.3. The minimum Gasteiger partial charge on any atom is -0.481 e. The molecular weight excluding hydrogens is 432 g/mol. The van der Waals surface area contributed by atoms with Crippen molar-refractivity contribution in [2.75, 3.05) is 13.2 Å². The smallest absolute Gasteiger partial charge is 0.303 e. The molecule has 0 aromatic rings. The van der Waals surface area contributed by atoms with Gasteiger partial charge in [-0.25, -0.2) is 0 Å². The number of aliphatic hydroxyl groups excluding tert-OH is 2. The van der Waals surface area contributed by atoms with Crippen LogP contribution in [-0.2, 0) is 14.3 Å². The summed E-state index contributed by atoms with van der Waals surface area (Å²) in [5.41, 5.74) is 0. The SMILES string of the molecule is CCCCCCCC1(CC[C@H]2C(O)CC(O)C2C/C=C\CCCCCCCC(=O)O)OCCO1. The lowest BCUT2D eigenvalue weighted by Crippen LogP contribution is -2.33. The zero-order valence-corrected chi connectivity index (χ0v) is 21.5. The van der Waals surface area contributed by atoms with Crippen molar-refractivity contribution in [3.63, 3.8) is 0 Å². The molecule has 1 heterocycles. The molecule has 2 fully saturated rings. The van der Waals surface area contributed by atoms with Gasteiger partial charge in [-0.1, -0.05) is 64.0 Å². The lowest BCUT2D eigenvalue weighted by atomic mass is 9.85. The Morgan fingerprint density at radius 1 is 0.853 bits per heavy atom. The number of rotatable bonds is 19. The minimum absolute atomic E-state index is 0.0821. The van der Waals surface area contributed by atoms with E-state index in [0.29, 0.717) is 19.6 Å². The molecule has 6 heteroatoms. The summed E-state index contributed by atoms with van der Waals surface area (Å²) in [6.45, 7) is 3.53. The molecule has 6 nitrogen and oxygen atoms in total. The van der Waals surface area contributed by atoms with Crippen molar-refractivity contribution in [1.82, 2.24) is 0 Å². The third-order valence-corrected chi connectivity index (χ3v) is 7.69. The van der Waals surface area contributed by atoms with Gasteiger partial charge in [-0.15, -0.1) is 0 Å². The van der Waals surface area contributed by atoms with E-state index in [-0.39, 0.29) is 18.3 Å². The maximum atomic E-state index is 10.6. The monoisotopic (exact) mass is 482 g/mol. The lowest BCUT2D eigenvalue weighted by Gasteiger charge is -2.31. The average Bonchev–Trinajstić information content (AvgIpc) is 3.37. The van der Waals surface area contributed by atoms with E-state index < -0.39 is 24.0 Å². The van der Waals surface area contributed by atoms with E-state index in [2.05, 4.69) is 19.1 Å². The zero-order valence-electron chi connectivity index (χ0n) is 21.5. The maximum Gasteiger partial charge on any atom is 0.303 e. The van der Waals surface area contributed by atoms with Gasteiger partial charge in [0.25, 0.3) is 0 Å². The summed E-state index contributed by atoms with van der Waals surface area (Å²) in [7, 11) is 0. The zero-order chi connectivity index (χ0) is 24.7. The summed E-state index contributed by atoms with van der Waals surface area (Å²) in [6, 6.07) is 0. The Morgan fingerprint density at radius 3 is 2.24 bits per heavy atom. The van der Waals surface area contributed by atoms with Crippen LogP contribution in [0.4, 0.5) is 0 Å². The lowest BCUT2D eigenvalue weighted by molar-refractivity contribution is -0.171. The molecule has 2 rings (SSSR count). The predicted octanol–water partition coefficient (Wildman–Crippen LogP) is 5.99. The summed E-state index contributed by atoms with van der Waals surface area (Å²) in [4.78, 5) is 10.5. The highest BCUT2D eigenvalue weighted by Gasteiger charge is 2.43. The Bertz CT molecular complexity index is 571. The third kappa shape index (κ3) is 10.8. The number of hydrogen-bond donors (Lipinski definition) is 3. The van der Waals surface area contributed by atoms with Crippen LogP contribution in [0.2, 0.25) is 0 Å². The van der Waals surface area contributed by atoms with Gasteiger partial charge in [-0.05, 0) is 56.8 Å². The van der Waals surface area contributed by atoms with E-state index in [1.165, 1.54) is 25.7 Å². The topological polar surface area (TPSA) is 96.2 Å². The van der Waals surface area contributed by atoms with Gasteiger partial charge in [0.15, 0.2) is 5.79 Å². The molecule has 1 saturated carbocycles. The van der Waals surface area contributed by atoms with Crippen molar-refractivity contribution in [3.8, 4) is 0 Å². The number of carbonyl (C=O) groups is 1. The molecule has 3 unspecified atom stereocenters. The Morgan fingerprint density at radius 2 is 1.50 bits per heavy atom. The molecule has 0 spiro atoms. The van der Waals surface area contributed by atoms with E-state index in [1.807, 2.05) is 0 Å². The van der Waals surface area contributed by atoms with Crippen LogP contribution in [0.5, 0.6) is 0 Å². The van der Waals surface area contributed by atoms with E-state index in [1.54, 1.807) is 0 Å². The quantitative estimate of drug-likeness (QED) is 0.155. The molecule has 1 saturated heterocycles. The van der Waals surface area contributed by atoms with Crippen molar-refractivity contribution in [3.05, 3.63) is 12.2 Å². The van der Waals surface area contributed by atoms with Gasteiger partial charge in [0.05, 0.1) is 25.4 Å². The largest absolute Gasteiger partial charge is 0.481 e. The first-order valence-corrected chi connectivity index (χ1v) is 14.0. The van der Waals surface area contributed by atoms with Crippen LogP contribution < -0.4 is 0 Å². The highest BCUT2D eigenvalue weighted by molar-refractivity contribution is 5.66. The fraction of sp³-hybridized carbons (Fsp3) is 0.893. The Labute approximate surface area is 207 Å². The van der Waals surface area contributed by atoms with Crippen LogP contribution in [0.25, 0.3) is 0 Å². The summed E-state index contributed by atoms with van der Waals surface area (Å²) < 4.78 is 12.1. The summed E-state index contributed by atoms with van der Waals surface area (Å²) >= 11 is 0. The van der Waals surface area contributed by atoms with Crippen LogP contribution in [0.1, 0.15) is 116 Å². The summed E-state index contributed by atoms with van der Waals surface area (Å²) in [5, 5.41) is 29.9. The van der Waals surface area contributed by atoms with Crippen LogP contribution in [0.15, 0.2) is 12.2 Å². The molecule has 34 heavy (non-hydrogen) atoms. The second-order valence-electron chi connectivity index (χ2n) is 10.4. The third-order valence-electron chi connectivity index (χ3n) is 7.69. The van der Waals surface area contributed by atoms with Crippen molar-refractivity contribution < 1.29 is 29.6 Å². The highest BCUT2D eigenvalue weighted by atomic mass is 16.7. The number of allylic oxidation sites excluding steroid dienone is 2. The minimum atomic E-state index is -0.707. The van der Waals surface area contributed by atoms with Crippen molar-refractivity contribution in [2.24, 2.45) is 11.8 Å². The number of unbranched alkanes of at least 4 members (excludes halogenated alkanes) is 9. The summed E-state index contributed by atoms with van der Waals surface area (Å²) in [5.74, 6) is -1.03. The fourth-order valence-electron chi connectivity index (χ4n) is 5.64. The van der Waals surface area contributed by atoms with Crippen molar-refractivity contribution in [2.45, 2.75) is 134 Å². The summed E-state index contributed by atoms with van der Waals surface area (Å²) in [6.07, 6.45) is 19.7. The number of aliphatic hydroxyl groups is 2. The fourth-order valence-corrected chi connectivity index (χ4v) is 5.64. The number of carboxylic acid groups (broad SMARTS) is 1. The molecule has 0 aromatic heterocycles. The predicted molar refractivity (Wildman–Crippen MR) is 135 cm³/mol. The van der Waals surface area contributed by atoms with E-state index in [4.69, 9.17) is 14.6 Å². The molecule has 0 amide bonds. The molecule has 0 aromatic carbocycles. The van der Waals surface area contributed by atoms with Gasteiger partial charge in [0.1, 0.15) is 0 Å². The van der Waals surface area contributed by atoms with Gasteiger partial charge in [0, 0.05) is 19.3 Å². The van der Waals surface area contributed by atoms with Gasteiger partial charge in [-0.2, -0.15) is 0 Å². The number of hydrogen-bond acceptors (Lipinski definition) is 5. The number of carboxylic acids is 1. The molecule has 0 bridgehead atoms. The molecule has 198 valence electrons. The first-order valence-electron chi connectivity index (χ1n) is 14.0. The molecule has 1 aliphatic carbocycles. The van der Waals surface area contributed by atoms with E-state index in [0.717, 1.165) is 70.6 Å². The Hall–Kier alpha value is -0.950. The molecule has 2 aliphatic rings. The van der Waals surface area contributed by atoms with Crippen molar-refractivity contribution >= 4 is 5.97 Å². The Balaban J connectivity index is 1.70. The first-order chi connectivity index (χ1) is 16.5. The molecule has 1 aliphatic heterocycles. The standard InChI is InChI=1S/C28H50O6/c1-2-3-4-11-14-18-28(33-20-21-34-28)19-17-24-23(25(29)22-26(24)30)15-12-9-7-5-6-8-10-13-16-27(31)32/h9,12,23-26,29-30H,2-8,10-11,13-22H2,1H3,(H,31,32)/b12-9-/t23?,24-,25?,26?/m1/s1. The second kappa shape index (κ2) is 16.7.